The van der Waals surface area contributed by atoms with Crippen LogP contribution in [0.15, 0.2) is 70.3 Å². The second-order valence-electron chi connectivity index (χ2n) is 8.75. The van der Waals surface area contributed by atoms with E-state index in [2.05, 4.69) is 10.3 Å². The van der Waals surface area contributed by atoms with Crippen LogP contribution in [0.2, 0.25) is 0 Å². The highest BCUT2D eigenvalue weighted by molar-refractivity contribution is 7.16. The highest BCUT2D eigenvalue weighted by Gasteiger charge is 2.25. The van der Waals surface area contributed by atoms with E-state index < -0.39 is 21.2 Å². The van der Waals surface area contributed by atoms with E-state index in [1.165, 1.54) is 22.3 Å². The first-order chi connectivity index (χ1) is 18.9. The molecule has 1 aliphatic carbocycles. The van der Waals surface area contributed by atoms with Gasteiger partial charge in [0.25, 0.3) is 11.6 Å². The van der Waals surface area contributed by atoms with Gasteiger partial charge in [0.15, 0.2) is 0 Å². The quantitative estimate of drug-likeness (QED) is 0.143. The number of benzene rings is 2. The van der Waals surface area contributed by atoms with Gasteiger partial charge >= 0.3 is 5.69 Å². The van der Waals surface area contributed by atoms with Crippen molar-refractivity contribution in [2.24, 2.45) is 4.99 Å². The van der Waals surface area contributed by atoms with Gasteiger partial charge < -0.3 is 14.5 Å². The Bertz CT molecular complexity index is 1560. The molecule has 11 nitrogen and oxygen atoms in total. The molecule has 0 unspecified atom stereocenters. The summed E-state index contributed by atoms with van der Waals surface area (Å²) in [6, 6.07) is 13.4. The number of fused-ring (bicyclic) bond motifs is 1. The minimum atomic E-state index is -0.730. The Balaban J connectivity index is 1.34. The summed E-state index contributed by atoms with van der Waals surface area (Å²) in [7, 11) is 0. The van der Waals surface area contributed by atoms with Crippen LogP contribution in [0.4, 0.5) is 16.4 Å². The number of furan rings is 1. The summed E-state index contributed by atoms with van der Waals surface area (Å²) >= 11 is 1.53. The van der Waals surface area contributed by atoms with Gasteiger partial charge in [-0.15, -0.1) is 11.3 Å². The number of aliphatic imine (C=N–C) groups is 1. The smallest absolute Gasteiger partial charge is 0.318 e. The van der Waals surface area contributed by atoms with Gasteiger partial charge in [0.05, 0.1) is 34.3 Å². The number of nitro groups is 2. The molecule has 4 aromatic rings. The molecule has 0 atom stereocenters. The van der Waals surface area contributed by atoms with E-state index in [1.807, 2.05) is 0 Å². The first-order valence-corrected chi connectivity index (χ1v) is 12.9. The minimum absolute atomic E-state index is 0.110. The van der Waals surface area contributed by atoms with Crippen LogP contribution in [0.5, 0.6) is 11.5 Å². The maximum atomic E-state index is 13.1. The highest BCUT2D eigenvalue weighted by Crippen LogP contribution is 2.40. The molecule has 0 fully saturated rings. The van der Waals surface area contributed by atoms with Gasteiger partial charge in [0.2, 0.25) is 5.75 Å². The van der Waals surface area contributed by atoms with Crippen molar-refractivity contribution in [3.8, 4) is 11.5 Å². The second kappa shape index (κ2) is 11.3. The lowest BCUT2D eigenvalue weighted by Gasteiger charge is -2.12. The normalized spacial score (nSPS) is 12.7. The zero-order chi connectivity index (χ0) is 27.4. The van der Waals surface area contributed by atoms with Crippen molar-refractivity contribution < 1.29 is 23.8 Å². The highest BCUT2D eigenvalue weighted by atomic mass is 32.1. The van der Waals surface area contributed by atoms with E-state index in [9.17, 15) is 25.0 Å². The molecule has 0 aliphatic heterocycles. The molecule has 1 amide bonds. The first kappa shape index (κ1) is 25.8. The largest absolute Gasteiger partial charge is 0.467 e. The van der Waals surface area contributed by atoms with Crippen LogP contribution in [0, 0.1) is 20.2 Å². The Labute approximate surface area is 226 Å². The summed E-state index contributed by atoms with van der Waals surface area (Å²) in [4.78, 5) is 39.8. The summed E-state index contributed by atoms with van der Waals surface area (Å²) in [5, 5.41) is 25.9. The van der Waals surface area contributed by atoms with E-state index in [0.717, 1.165) is 48.9 Å². The number of ether oxygens (including phenoxy) is 1. The van der Waals surface area contributed by atoms with Gasteiger partial charge in [-0.2, -0.15) is 0 Å². The van der Waals surface area contributed by atoms with Crippen LogP contribution >= 0.6 is 11.3 Å². The fraction of sp³-hybridized carbons (Fsp3) is 0.185. The Kier molecular flexibility index (Phi) is 7.46. The van der Waals surface area contributed by atoms with E-state index in [1.54, 1.807) is 48.9 Å². The number of carbonyl (C=O) groups is 1. The van der Waals surface area contributed by atoms with E-state index in [-0.39, 0.29) is 18.2 Å². The van der Waals surface area contributed by atoms with E-state index >= 15 is 0 Å². The van der Waals surface area contributed by atoms with Crippen molar-refractivity contribution in [1.82, 2.24) is 5.32 Å². The standard InChI is InChI=1S/C27H22N4O7S/c32-26(28-16-20-4-3-13-37-20)25-21-5-1-2-6-24(21)39-27(25)29-15-17-7-10-19(11-8-17)38-23-12-9-18(30(33)34)14-22(23)31(35)36/h3-4,7-15H,1-2,5-6,16H2,(H,28,32). The Morgan fingerprint density at radius 2 is 1.87 bits per heavy atom. The molecule has 5 rings (SSSR count). The third kappa shape index (κ3) is 5.85. The van der Waals surface area contributed by atoms with Crippen molar-refractivity contribution in [3.63, 3.8) is 0 Å². The lowest BCUT2D eigenvalue weighted by Crippen LogP contribution is -2.23. The Morgan fingerprint density at radius 3 is 2.59 bits per heavy atom. The molecule has 1 aliphatic rings. The average Bonchev–Trinajstić information content (AvgIpc) is 3.59. The average molecular weight is 547 g/mol. The maximum Gasteiger partial charge on any atom is 0.318 e. The van der Waals surface area contributed by atoms with Gasteiger partial charge in [-0.05, 0) is 79.3 Å². The molecule has 12 heteroatoms. The number of rotatable bonds is 9. The number of hydrogen-bond acceptors (Lipinski definition) is 9. The van der Waals surface area contributed by atoms with Crippen LogP contribution in [-0.4, -0.2) is 22.0 Å². The van der Waals surface area contributed by atoms with Gasteiger partial charge in [-0.25, -0.2) is 4.99 Å². The molecule has 198 valence electrons. The lowest BCUT2D eigenvalue weighted by molar-refractivity contribution is -0.394. The van der Waals surface area contributed by atoms with E-state index in [0.29, 0.717) is 22.1 Å². The van der Waals surface area contributed by atoms with Crippen LogP contribution in [-0.2, 0) is 19.4 Å². The van der Waals surface area contributed by atoms with Crippen LogP contribution < -0.4 is 10.1 Å². The summed E-state index contributed by atoms with van der Waals surface area (Å²) < 4.78 is 10.9. The predicted octanol–water partition coefficient (Wildman–Crippen LogP) is 6.51. The number of thiophene rings is 1. The molecule has 1 N–H and O–H groups in total. The Morgan fingerprint density at radius 1 is 1.08 bits per heavy atom. The third-order valence-corrected chi connectivity index (χ3v) is 7.37. The molecule has 2 aromatic carbocycles. The topological polar surface area (TPSA) is 150 Å². The molecular weight excluding hydrogens is 524 g/mol. The molecule has 0 radical (unpaired) electrons. The number of nitrogens with one attached hydrogen (secondary N) is 1. The molecule has 2 heterocycles. The fourth-order valence-corrected chi connectivity index (χ4v) is 5.51. The first-order valence-electron chi connectivity index (χ1n) is 12.1. The molecule has 0 bridgehead atoms. The third-order valence-electron chi connectivity index (χ3n) is 6.17. The van der Waals surface area contributed by atoms with Crippen LogP contribution in [0.3, 0.4) is 0 Å². The molecule has 0 saturated heterocycles. The minimum Gasteiger partial charge on any atom is -0.467 e. The molecule has 2 aromatic heterocycles. The fourth-order valence-electron chi connectivity index (χ4n) is 4.28. The Hall–Kier alpha value is -4.84. The monoisotopic (exact) mass is 546 g/mol. The molecule has 0 spiro atoms. The number of aryl methyl sites for hydroxylation is 1. The van der Waals surface area contributed by atoms with Crippen molar-refractivity contribution in [2.45, 2.75) is 32.2 Å². The maximum absolute atomic E-state index is 13.1. The van der Waals surface area contributed by atoms with E-state index in [4.69, 9.17) is 9.15 Å². The summed E-state index contributed by atoms with van der Waals surface area (Å²) in [6.45, 7) is 0.286. The molecule has 0 saturated carbocycles. The predicted molar refractivity (Wildman–Crippen MR) is 144 cm³/mol. The van der Waals surface area contributed by atoms with Crippen LogP contribution in [0.1, 0.15) is 45.0 Å². The van der Waals surface area contributed by atoms with Crippen molar-refractivity contribution in [2.75, 3.05) is 0 Å². The zero-order valence-electron chi connectivity index (χ0n) is 20.5. The second-order valence-corrected chi connectivity index (χ2v) is 9.83. The number of nitro benzene ring substituents is 2. The number of carbonyl (C=O) groups excluding carboxylic acids is 1. The SMILES string of the molecule is O=C(NCc1ccco1)c1c(N=Cc2ccc(Oc3ccc([N+](=O)[O-])cc3[N+](=O)[O-])cc2)sc2c1CCCC2. The summed E-state index contributed by atoms with van der Waals surface area (Å²) in [5.74, 6) is 0.681. The molecular formula is C27H22N4O7S. The van der Waals surface area contributed by atoms with Gasteiger partial charge in [0.1, 0.15) is 16.5 Å². The number of nitrogens with zero attached hydrogens (tertiary/aromatic N) is 3. The number of amides is 1. The summed E-state index contributed by atoms with van der Waals surface area (Å²) in [6.07, 6.45) is 7.09. The summed E-state index contributed by atoms with van der Waals surface area (Å²) in [5.41, 5.74) is 1.49. The van der Waals surface area contributed by atoms with Crippen molar-refractivity contribution in [1.29, 1.82) is 0 Å². The van der Waals surface area contributed by atoms with Crippen molar-refractivity contribution in [3.05, 3.63) is 108 Å². The van der Waals surface area contributed by atoms with Crippen molar-refractivity contribution >= 4 is 39.8 Å². The zero-order valence-corrected chi connectivity index (χ0v) is 21.3. The number of non-ortho nitro benzene ring substituents is 1. The lowest BCUT2D eigenvalue weighted by atomic mass is 9.95. The van der Waals surface area contributed by atoms with Gasteiger partial charge in [-0.3, -0.25) is 25.0 Å². The van der Waals surface area contributed by atoms with Gasteiger partial charge in [0, 0.05) is 17.2 Å². The number of hydrogen-bond donors (Lipinski definition) is 1. The van der Waals surface area contributed by atoms with Crippen LogP contribution in [0.25, 0.3) is 0 Å². The van der Waals surface area contributed by atoms with Gasteiger partial charge in [-0.1, -0.05) is 0 Å². The molecule has 39 heavy (non-hydrogen) atoms.